The second kappa shape index (κ2) is 21.6. The monoisotopic (exact) mass is 1120 g/mol. The minimum atomic E-state index is -9.19. The average molecular weight is 1120 g/mol. The maximum atomic E-state index is 14.3. The van der Waals surface area contributed by atoms with Gasteiger partial charge in [-0.2, -0.15) is 149 Å². The summed E-state index contributed by atoms with van der Waals surface area (Å²) in [4.78, 5) is 0. The van der Waals surface area contributed by atoms with Crippen molar-refractivity contribution < 1.29 is 191 Å². The van der Waals surface area contributed by atoms with Gasteiger partial charge in [0.05, 0.1) is 39.6 Å². The van der Waals surface area contributed by atoms with E-state index in [4.69, 9.17) is 19.3 Å². The molecule has 0 saturated carbocycles. The number of ether oxygens (including phenoxy) is 7. The van der Waals surface area contributed by atoms with Gasteiger partial charge in [-0.25, -0.2) is 0 Å². The SMILES string of the molecule is CCOCCOCCOCCOS(=O)(=O)C(F)(F)F.OCC(F)(OC(F)(F)C(F)(OC(F)(F)C(F)(OC(F)(F)C(F)(OC(F)(F)C(F)(F)C(F)(F)F)C(F)(F)F)C(F)(F)F)C(F)(F)F)C(F)(F)F. The van der Waals surface area contributed by atoms with Gasteiger partial charge in [-0.3, -0.25) is 23.1 Å². The van der Waals surface area contributed by atoms with Crippen LogP contribution in [0.25, 0.3) is 0 Å². The topological polar surface area (TPSA) is 128 Å². The molecule has 0 aliphatic heterocycles. The first kappa shape index (κ1) is 67.4. The zero-order valence-electron chi connectivity index (χ0n) is 31.2. The number of hydrogen-bond acceptors (Lipinski definition) is 11. The fourth-order valence-corrected chi connectivity index (χ4v) is 3.46. The predicted molar refractivity (Wildman–Crippen MR) is 141 cm³/mol. The van der Waals surface area contributed by atoms with E-state index in [0.717, 1.165) is 14.2 Å². The Bertz CT molecular complexity index is 1680. The van der Waals surface area contributed by atoms with E-state index in [1.165, 1.54) is 4.74 Å². The molecule has 0 rings (SSSR count). The molecule has 0 heterocycles. The van der Waals surface area contributed by atoms with Gasteiger partial charge in [-0.1, -0.05) is 0 Å². The number of alkyl halides is 32. The zero-order chi connectivity index (χ0) is 55.3. The first-order valence-corrected chi connectivity index (χ1v) is 16.9. The molecule has 4 unspecified atom stereocenters. The third-order valence-electron chi connectivity index (χ3n) is 6.36. The summed E-state index contributed by atoms with van der Waals surface area (Å²) in [5.74, 6) is -42.2. The molecule has 412 valence electrons. The minimum absolute atomic E-state index is 0.127. The quantitative estimate of drug-likeness (QED) is 0.0430. The van der Waals surface area contributed by atoms with Gasteiger partial charge in [-0.15, -0.1) is 0 Å². The van der Waals surface area contributed by atoms with Crippen LogP contribution in [0.4, 0.5) is 140 Å². The van der Waals surface area contributed by atoms with Gasteiger partial charge in [0, 0.05) is 6.61 Å². The number of halogens is 32. The number of hydrogen-bond donors (Lipinski definition) is 1. The highest BCUT2D eigenvalue weighted by atomic mass is 32.2. The summed E-state index contributed by atoms with van der Waals surface area (Å²) in [5, 5.41) is 8.11. The largest absolute Gasteiger partial charge is 0.523 e. The fraction of sp³-hybridized carbons (Fsp3) is 1.00. The molecule has 4 atom stereocenters. The lowest BCUT2D eigenvalue weighted by Gasteiger charge is -2.44. The number of aliphatic hydroxyl groups excluding tert-OH is 1. The molecule has 44 heteroatoms. The second-order valence-electron chi connectivity index (χ2n) is 11.4. The molecule has 0 amide bonds. The van der Waals surface area contributed by atoms with Crippen LogP contribution in [0.1, 0.15) is 6.92 Å². The van der Waals surface area contributed by atoms with Crippen molar-refractivity contribution in [3.8, 4) is 0 Å². The summed E-state index contributed by atoms with van der Waals surface area (Å²) in [6.45, 7) is -1.12. The summed E-state index contributed by atoms with van der Waals surface area (Å²) in [5.41, 5.74) is -5.41. The van der Waals surface area contributed by atoms with Gasteiger partial charge in [0.25, 0.3) is 0 Å². The summed E-state index contributed by atoms with van der Waals surface area (Å²) in [7, 11) is -5.53. The molecule has 0 aromatic rings. The molecule has 0 fully saturated rings. The molecule has 0 saturated heterocycles. The maximum Gasteiger partial charge on any atom is 0.523 e. The van der Waals surface area contributed by atoms with Crippen molar-refractivity contribution in [2.24, 2.45) is 0 Å². The van der Waals surface area contributed by atoms with E-state index in [9.17, 15) is 149 Å². The molecule has 0 aliphatic carbocycles. The summed E-state index contributed by atoms with van der Waals surface area (Å²) < 4.78 is 461. The van der Waals surface area contributed by atoms with Gasteiger partial charge in [0.1, 0.15) is 6.61 Å². The molecule has 0 radical (unpaired) electrons. The van der Waals surface area contributed by atoms with Crippen LogP contribution in [-0.2, 0) is 47.5 Å². The molecule has 0 aromatic carbocycles. The summed E-state index contributed by atoms with van der Waals surface area (Å²) >= 11 is 0. The standard InChI is InChI=1S/C15H3F29O5.C9H17F3O6S/c16-2(1-45,7(22,23)24)46-13(39,40)4(19,9(28,29)30)48-15(43,44)6(21,11(34,35)36)49-14(41,42)5(20,10(31,32)33)47-12(37,38)3(17,18)8(25,26)27;1-2-15-3-4-16-5-6-17-7-8-18-19(13,14)9(10,11)12/h45H,1H2;2-8H2,1H3. The third kappa shape index (κ3) is 15.2. The molecule has 11 nitrogen and oxygen atoms in total. The van der Waals surface area contributed by atoms with Gasteiger partial charge in [-0.05, 0) is 6.92 Å². The molecule has 0 spiro atoms. The van der Waals surface area contributed by atoms with E-state index in [1.54, 1.807) is 0 Å². The highest BCUT2D eigenvalue weighted by molar-refractivity contribution is 7.87. The first-order valence-electron chi connectivity index (χ1n) is 15.5. The normalized spacial score (nSPS) is 18.5. The lowest BCUT2D eigenvalue weighted by Crippen LogP contribution is -2.72. The van der Waals surface area contributed by atoms with Crippen molar-refractivity contribution in [2.75, 3.05) is 52.9 Å². The molecule has 1 N–H and O–H groups in total. The van der Waals surface area contributed by atoms with Crippen molar-refractivity contribution in [2.45, 2.75) is 97.1 Å². The second-order valence-corrected chi connectivity index (χ2v) is 13.0. The van der Waals surface area contributed by atoms with Gasteiger partial charge < -0.3 is 19.3 Å². The molecule has 68 heavy (non-hydrogen) atoms. The van der Waals surface area contributed by atoms with Crippen molar-refractivity contribution in [3.63, 3.8) is 0 Å². The van der Waals surface area contributed by atoms with Crippen molar-refractivity contribution >= 4 is 10.1 Å². The fourth-order valence-electron chi connectivity index (χ4n) is 3.04. The lowest BCUT2D eigenvalue weighted by atomic mass is 10.2. The van der Waals surface area contributed by atoms with Crippen LogP contribution < -0.4 is 0 Å². The molecule has 0 aliphatic rings. The minimum Gasteiger partial charge on any atom is -0.390 e. The Morgan fingerprint density at radius 1 is 0.368 bits per heavy atom. The van der Waals surface area contributed by atoms with Gasteiger partial charge >= 0.3 is 100 Å². The van der Waals surface area contributed by atoms with E-state index in [1.807, 2.05) is 6.92 Å². The molecule has 0 bridgehead atoms. The Labute approximate surface area is 352 Å². The zero-order valence-corrected chi connectivity index (χ0v) is 32.0. The Kier molecular flexibility index (Phi) is 21.4. The summed E-state index contributed by atoms with van der Waals surface area (Å²) in [6.07, 6.45) is -76.7. The van der Waals surface area contributed by atoms with E-state index < -0.39 is 113 Å². The lowest BCUT2D eigenvalue weighted by molar-refractivity contribution is -0.593. The number of aliphatic hydroxyl groups is 1. The van der Waals surface area contributed by atoms with E-state index in [2.05, 4.69) is 4.18 Å². The third-order valence-corrected chi connectivity index (χ3v) is 7.40. The van der Waals surface area contributed by atoms with Crippen molar-refractivity contribution in [3.05, 3.63) is 0 Å². The van der Waals surface area contributed by atoms with E-state index in [-0.39, 0.29) is 19.8 Å². The molecular weight excluding hydrogens is 1100 g/mol. The first-order chi connectivity index (χ1) is 29.4. The number of rotatable bonds is 24. The van der Waals surface area contributed by atoms with Gasteiger partial charge in [0.15, 0.2) is 0 Å². The smallest absolute Gasteiger partial charge is 0.390 e. The van der Waals surface area contributed by atoms with Crippen LogP contribution in [0.2, 0.25) is 0 Å². The van der Waals surface area contributed by atoms with Crippen molar-refractivity contribution in [1.29, 1.82) is 0 Å². The average Bonchev–Trinajstić information content (AvgIpc) is 3.08. The van der Waals surface area contributed by atoms with Crippen LogP contribution >= 0.6 is 0 Å². The van der Waals surface area contributed by atoms with Crippen LogP contribution in [0.5, 0.6) is 0 Å². The molecular formula is C24H20F32O11S. The van der Waals surface area contributed by atoms with Crippen LogP contribution in [0.3, 0.4) is 0 Å². The Balaban J connectivity index is 0. The Morgan fingerprint density at radius 3 is 0.897 bits per heavy atom. The van der Waals surface area contributed by atoms with E-state index >= 15 is 0 Å². The molecule has 0 aromatic heterocycles. The Morgan fingerprint density at radius 2 is 0.647 bits per heavy atom. The van der Waals surface area contributed by atoms with Crippen molar-refractivity contribution in [1.82, 2.24) is 0 Å². The summed E-state index contributed by atoms with van der Waals surface area (Å²) in [6, 6.07) is 0. The van der Waals surface area contributed by atoms with E-state index in [0.29, 0.717) is 19.8 Å². The highest BCUT2D eigenvalue weighted by Gasteiger charge is 2.90. The van der Waals surface area contributed by atoms with Crippen LogP contribution in [-0.4, -0.2) is 157 Å². The maximum absolute atomic E-state index is 14.3. The van der Waals surface area contributed by atoms with Gasteiger partial charge in [0.2, 0.25) is 0 Å². The highest BCUT2D eigenvalue weighted by Crippen LogP contribution is 2.61. The Hall–Kier alpha value is -2.65. The predicted octanol–water partition coefficient (Wildman–Crippen LogP) is 9.45. The van der Waals surface area contributed by atoms with Crippen LogP contribution in [0.15, 0.2) is 0 Å². The van der Waals surface area contributed by atoms with Crippen LogP contribution in [0, 0.1) is 0 Å².